The fourth-order valence-electron chi connectivity index (χ4n) is 4.81. The molecule has 0 unspecified atom stereocenters. The van der Waals surface area contributed by atoms with Crippen LogP contribution >= 0.6 is 0 Å². The molecule has 2 fully saturated rings. The zero-order chi connectivity index (χ0) is 22.7. The average Bonchev–Trinajstić information content (AvgIpc) is 3.02. The van der Waals surface area contributed by atoms with Gasteiger partial charge in [-0.3, -0.25) is 9.59 Å². The van der Waals surface area contributed by atoms with Gasteiger partial charge in [-0.25, -0.2) is 9.18 Å². The zero-order valence-electron chi connectivity index (χ0n) is 17.6. The van der Waals surface area contributed by atoms with Crippen molar-refractivity contribution < 1.29 is 28.6 Å². The van der Waals surface area contributed by atoms with Crippen LogP contribution in [0.3, 0.4) is 0 Å². The summed E-state index contributed by atoms with van der Waals surface area (Å²) in [7, 11) is 0. The maximum Gasteiger partial charge on any atom is 0.341 e. The zero-order valence-corrected chi connectivity index (χ0v) is 17.6. The minimum atomic E-state index is -1.15. The van der Waals surface area contributed by atoms with Gasteiger partial charge < -0.3 is 20.1 Å². The van der Waals surface area contributed by atoms with E-state index < -0.39 is 24.0 Å². The molecule has 8 heteroatoms. The Labute approximate surface area is 185 Å². The summed E-state index contributed by atoms with van der Waals surface area (Å²) in [5.74, 6) is -2.18. The molecule has 2 heterocycles. The Balaban J connectivity index is 1.68. The molecule has 168 valence electrons. The summed E-state index contributed by atoms with van der Waals surface area (Å²) in [4.78, 5) is 38.4. The van der Waals surface area contributed by atoms with E-state index in [2.05, 4.69) is 5.32 Å². The molecule has 2 aliphatic rings. The van der Waals surface area contributed by atoms with Crippen LogP contribution in [0, 0.1) is 5.82 Å². The van der Waals surface area contributed by atoms with Gasteiger partial charge in [0.15, 0.2) is 6.61 Å². The number of hydrogen-bond donors (Lipinski definition) is 2. The van der Waals surface area contributed by atoms with Crippen molar-refractivity contribution in [2.75, 3.05) is 19.7 Å². The maximum absolute atomic E-state index is 14.8. The molecule has 2 amide bonds. The highest BCUT2D eigenvalue weighted by molar-refractivity contribution is 5.97. The van der Waals surface area contributed by atoms with Crippen molar-refractivity contribution in [3.8, 4) is 5.75 Å². The first-order valence-corrected chi connectivity index (χ1v) is 10.7. The second-order valence-corrected chi connectivity index (χ2v) is 8.35. The second kappa shape index (κ2) is 8.98. The summed E-state index contributed by atoms with van der Waals surface area (Å²) in [6.07, 6.45) is 2.59. The molecule has 0 aromatic heterocycles. The third-order valence-corrected chi connectivity index (χ3v) is 6.24. The number of likely N-dealkylation sites (tertiary alicyclic amines) is 1. The van der Waals surface area contributed by atoms with Gasteiger partial charge in [0.25, 0.3) is 5.91 Å². The molecule has 7 nitrogen and oxygen atoms in total. The van der Waals surface area contributed by atoms with Crippen molar-refractivity contribution in [2.24, 2.45) is 0 Å². The normalized spacial score (nSPS) is 23.0. The third kappa shape index (κ3) is 4.30. The van der Waals surface area contributed by atoms with Crippen LogP contribution in [0.2, 0.25) is 0 Å². The Morgan fingerprint density at radius 1 is 1.16 bits per heavy atom. The van der Waals surface area contributed by atoms with Crippen LogP contribution in [-0.4, -0.2) is 53.0 Å². The minimum absolute atomic E-state index is 0.0941. The van der Waals surface area contributed by atoms with Crippen molar-refractivity contribution in [3.63, 3.8) is 0 Å². The first-order valence-electron chi connectivity index (χ1n) is 10.7. The third-order valence-electron chi connectivity index (χ3n) is 6.24. The molecule has 0 radical (unpaired) electrons. The van der Waals surface area contributed by atoms with Crippen LogP contribution in [-0.2, 0) is 9.59 Å². The number of carboxylic acid groups (broad SMARTS) is 1. The van der Waals surface area contributed by atoms with E-state index in [-0.39, 0.29) is 42.0 Å². The molecule has 2 aromatic rings. The second-order valence-electron chi connectivity index (χ2n) is 8.35. The Bertz CT molecular complexity index is 1040. The van der Waals surface area contributed by atoms with Crippen molar-refractivity contribution in [3.05, 3.63) is 65.5 Å². The lowest BCUT2D eigenvalue weighted by Gasteiger charge is -2.34. The molecule has 0 aliphatic carbocycles. The SMILES string of the molecule is O=C(O)COc1ccccc1C(=O)N1C[C@@H](c2ccccc2F)[C@@]2(CCCCC(=O)N2)C1. The largest absolute Gasteiger partial charge is 0.481 e. The van der Waals surface area contributed by atoms with Crippen LogP contribution < -0.4 is 10.1 Å². The Morgan fingerprint density at radius 3 is 2.69 bits per heavy atom. The number of benzene rings is 2. The van der Waals surface area contributed by atoms with E-state index in [1.54, 1.807) is 47.4 Å². The summed E-state index contributed by atoms with van der Waals surface area (Å²) >= 11 is 0. The summed E-state index contributed by atoms with van der Waals surface area (Å²) in [5.41, 5.74) is -0.0547. The molecule has 2 aliphatic heterocycles. The molecular weight excluding hydrogens is 415 g/mol. The number of rotatable bonds is 5. The first kappa shape index (κ1) is 21.8. The van der Waals surface area contributed by atoms with E-state index in [9.17, 15) is 18.8 Å². The molecule has 2 saturated heterocycles. The number of amides is 2. The summed E-state index contributed by atoms with van der Waals surface area (Å²) in [6.45, 7) is -0.0979. The molecular formula is C24H25FN2O5. The van der Waals surface area contributed by atoms with E-state index in [1.807, 2.05) is 0 Å². The summed E-state index contributed by atoms with van der Waals surface area (Å²) in [6, 6.07) is 12.9. The number of aliphatic carboxylic acids is 1. The van der Waals surface area contributed by atoms with E-state index in [1.165, 1.54) is 6.07 Å². The number of nitrogens with one attached hydrogen (secondary N) is 1. The lowest BCUT2D eigenvalue weighted by molar-refractivity contribution is -0.139. The number of carbonyl (C=O) groups excluding carboxylic acids is 2. The molecule has 0 bridgehead atoms. The Morgan fingerprint density at radius 2 is 1.91 bits per heavy atom. The van der Waals surface area contributed by atoms with Gasteiger partial charge in [0.1, 0.15) is 11.6 Å². The highest BCUT2D eigenvalue weighted by Crippen LogP contribution is 2.42. The van der Waals surface area contributed by atoms with Gasteiger partial charge in [-0.15, -0.1) is 0 Å². The summed E-state index contributed by atoms with van der Waals surface area (Å²) < 4.78 is 20.1. The van der Waals surface area contributed by atoms with Crippen LogP contribution in [0.5, 0.6) is 5.75 Å². The lowest BCUT2D eigenvalue weighted by Crippen LogP contribution is -2.53. The van der Waals surface area contributed by atoms with Gasteiger partial charge in [0.05, 0.1) is 11.1 Å². The Hall–Kier alpha value is -3.42. The molecule has 2 N–H and O–H groups in total. The van der Waals surface area contributed by atoms with E-state index in [0.717, 1.165) is 12.8 Å². The maximum atomic E-state index is 14.8. The highest BCUT2D eigenvalue weighted by atomic mass is 19.1. The van der Waals surface area contributed by atoms with Gasteiger partial charge in [-0.2, -0.15) is 0 Å². The minimum Gasteiger partial charge on any atom is -0.481 e. The number of para-hydroxylation sites is 1. The molecule has 0 saturated carbocycles. The average molecular weight is 440 g/mol. The van der Waals surface area contributed by atoms with Gasteiger partial charge in [0, 0.05) is 25.4 Å². The van der Waals surface area contributed by atoms with E-state index in [4.69, 9.17) is 9.84 Å². The fraction of sp³-hybridized carbons (Fsp3) is 0.375. The quantitative estimate of drug-likeness (QED) is 0.745. The molecule has 2 aromatic carbocycles. The number of nitrogens with zero attached hydrogens (tertiary/aromatic N) is 1. The Kier molecular flexibility index (Phi) is 6.12. The predicted molar refractivity (Wildman–Crippen MR) is 114 cm³/mol. The number of carboxylic acids is 1. The highest BCUT2D eigenvalue weighted by Gasteiger charge is 2.50. The van der Waals surface area contributed by atoms with Crippen molar-refractivity contribution in [1.29, 1.82) is 0 Å². The molecule has 2 atom stereocenters. The monoisotopic (exact) mass is 440 g/mol. The number of halogens is 1. The first-order chi connectivity index (χ1) is 15.4. The number of carbonyl (C=O) groups is 3. The van der Waals surface area contributed by atoms with Gasteiger partial charge in [0.2, 0.25) is 5.91 Å². The van der Waals surface area contributed by atoms with Crippen LogP contribution in [0.25, 0.3) is 0 Å². The van der Waals surface area contributed by atoms with Crippen LogP contribution in [0.1, 0.15) is 47.5 Å². The van der Waals surface area contributed by atoms with E-state index in [0.29, 0.717) is 18.4 Å². The molecule has 1 spiro atoms. The van der Waals surface area contributed by atoms with Crippen molar-refractivity contribution in [1.82, 2.24) is 10.2 Å². The van der Waals surface area contributed by atoms with Crippen molar-refractivity contribution >= 4 is 17.8 Å². The molecule has 32 heavy (non-hydrogen) atoms. The van der Waals surface area contributed by atoms with Gasteiger partial charge in [-0.1, -0.05) is 36.8 Å². The van der Waals surface area contributed by atoms with Crippen LogP contribution in [0.15, 0.2) is 48.5 Å². The lowest BCUT2D eigenvalue weighted by atomic mass is 9.78. The van der Waals surface area contributed by atoms with Crippen molar-refractivity contribution in [2.45, 2.75) is 37.1 Å². The number of hydrogen-bond acceptors (Lipinski definition) is 4. The standard InChI is InChI=1S/C24H25FN2O5/c25-19-9-3-1-7-16(19)18-13-27(15-24(18)12-6-5-11-21(28)26-24)23(31)17-8-2-4-10-20(17)32-14-22(29)30/h1-4,7-10,18H,5-6,11-15H2,(H,26,28)(H,29,30)/t18-,24+/m0/s1. The van der Waals surface area contributed by atoms with Crippen LogP contribution in [0.4, 0.5) is 4.39 Å². The number of ether oxygens (including phenoxy) is 1. The smallest absolute Gasteiger partial charge is 0.341 e. The van der Waals surface area contributed by atoms with E-state index >= 15 is 0 Å². The van der Waals surface area contributed by atoms with Gasteiger partial charge in [-0.05, 0) is 36.6 Å². The topological polar surface area (TPSA) is 95.9 Å². The molecule has 4 rings (SSSR count). The fourth-order valence-corrected chi connectivity index (χ4v) is 4.81. The van der Waals surface area contributed by atoms with Gasteiger partial charge >= 0.3 is 5.97 Å². The summed E-state index contributed by atoms with van der Waals surface area (Å²) in [5, 5.41) is 12.0. The predicted octanol–water partition coefficient (Wildman–Crippen LogP) is 2.96.